The maximum absolute atomic E-state index is 12.7. The summed E-state index contributed by atoms with van der Waals surface area (Å²) in [4.78, 5) is 30.1. The first-order valence-corrected chi connectivity index (χ1v) is 13.2. The Balaban J connectivity index is 1.20. The van der Waals surface area contributed by atoms with E-state index in [-0.39, 0.29) is 17.4 Å². The van der Waals surface area contributed by atoms with Crippen LogP contribution in [0.15, 0.2) is 67.1 Å². The first-order valence-electron chi connectivity index (χ1n) is 13.2. The minimum atomic E-state index is 0.0929. The van der Waals surface area contributed by atoms with Gasteiger partial charge in [0.25, 0.3) is 0 Å². The average Bonchev–Trinajstić information content (AvgIpc) is 3.52. The van der Waals surface area contributed by atoms with Gasteiger partial charge in [-0.1, -0.05) is 24.3 Å². The number of hydrogen-bond acceptors (Lipinski definition) is 8. The van der Waals surface area contributed by atoms with Crippen molar-refractivity contribution in [2.24, 2.45) is 5.41 Å². The number of nitrogen functional groups attached to an aromatic ring is 1. The zero-order valence-corrected chi connectivity index (χ0v) is 22.2. The summed E-state index contributed by atoms with van der Waals surface area (Å²) < 4.78 is 7.87. The fourth-order valence-corrected chi connectivity index (χ4v) is 5.67. The molecule has 1 aromatic carbocycles. The molecule has 1 spiro atoms. The number of ether oxygens (including phenoxy) is 1. The highest BCUT2D eigenvalue weighted by atomic mass is 16.5. The van der Waals surface area contributed by atoms with Crippen LogP contribution in [0, 0.1) is 5.41 Å². The number of anilines is 1. The second-order valence-electron chi connectivity index (χ2n) is 10.8. The Morgan fingerprint density at radius 3 is 2.69 bits per heavy atom. The Morgan fingerprint density at radius 1 is 1.13 bits per heavy atom. The van der Waals surface area contributed by atoms with Gasteiger partial charge in [0.2, 0.25) is 5.91 Å². The molecular formula is C29H32N8O2. The van der Waals surface area contributed by atoms with Crippen LogP contribution in [0.4, 0.5) is 5.82 Å². The second kappa shape index (κ2) is 10.1. The molecule has 3 aromatic heterocycles. The molecule has 2 aliphatic rings. The quantitative estimate of drug-likeness (QED) is 0.362. The number of hydrogen-bond donors (Lipinski definition) is 1. The van der Waals surface area contributed by atoms with Gasteiger partial charge in [-0.25, -0.2) is 14.6 Å². The zero-order chi connectivity index (χ0) is 27.0. The lowest BCUT2D eigenvalue weighted by Crippen LogP contribution is -2.42. The second-order valence-corrected chi connectivity index (χ2v) is 10.8. The predicted molar refractivity (Wildman–Crippen MR) is 149 cm³/mol. The van der Waals surface area contributed by atoms with E-state index in [4.69, 9.17) is 15.6 Å². The van der Waals surface area contributed by atoms with Crippen LogP contribution < -0.4 is 10.5 Å². The van der Waals surface area contributed by atoms with Gasteiger partial charge in [0.1, 0.15) is 29.3 Å². The van der Waals surface area contributed by atoms with Gasteiger partial charge < -0.3 is 20.3 Å². The number of amides is 1. The highest BCUT2D eigenvalue weighted by Crippen LogP contribution is 2.54. The summed E-state index contributed by atoms with van der Waals surface area (Å²) in [5, 5.41) is 5.66. The number of rotatable bonds is 7. The molecular weight excluding hydrogens is 492 g/mol. The first kappa shape index (κ1) is 25.0. The maximum atomic E-state index is 12.7. The van der Waals surface area contributed by atoms with Gasteiger partial charge >= 0.3 is 0 Å². The fourth-order valence-electron chi connectivity index (χ4n) is 5.67. The molecule has 10 heteroatoms. The minimum absolute atomic E-state index is 0.0929. The van der Waals surface area contributed by atoms with Crippen molar-refractivity contribution in [1.29, 1.82) is 0 Å². The number of nitrogens with two attached hydrogens (primary N) is 1. The molecule has 6 rings (SSSR count). The molecule has 1 saturated heterocycles. The van der Waals surface area contributed by atoms with Gasteiger partial charge in [0.05, 0.1) is 23.3 Å². The summed E-state index contributed by atoms with van der Waals surface area (Å²) in [6.45, 7) is 2.33. The lowest BCUT2D eigenvalue weighted by atomic mass is 9.65. The average molecular weight is 525 g/mol. The van der Waals surface area contributed by atoms with Crippen LogP contribution in [0.25, 0.3) is 22.4 Å². The Bertz CT molecular complexity index is 1510. The van der Waals surface area contributed by atoms with Gasteiger partial charge in [-0.05, 0) is 63.0 Å². The van der Waals surface area contributed by atoms with E-state index in [0.29, 0.717) is 34.0 Å². The first-order chi connectivity index (χ1) is 18.9. The van der Waals surface area contributed by atoms with Gasteiger partial charge in [-0.15, -0.1) is 0 Å². The molecule has 1 saturated carbocycles. The Labute approximate surface area is 227 Å². The number of nitrogens with zero attached hydrogens (tertiary/aromatic N) is 7. The molecule has 1 aliphatic heterocycles. The minimum Gasteiger partial charge on any atom is -0.456 e. The standard InChI is InChI=1S/C29H32N8O2/c1-35(2)13-6-9-24(38)36-14-12-29(18-36)15-20(16-29)37-28-25(27(30)32-19-33-28)26(34-37)23-11-10-22(17-31-23)39-21-7-4-3-5-8-21/h3-11,17,19-20H,12-16,18H2,1-2H3,(H2,30,32,33). The topological polar surface area (TPSA) is 115 Å². The molecule has 4 aromatic rings. The molecule has 0 bridgehead atoms. The molecule has 200 valence electrons. The highest BCUT2D eigenvalue weighted by molar-refractivity contribution is 5.97. The molecule has 10 nitrogen and oxygen atoms in total. The summed E-state index contributed by atoms with van der Waals surface area (Å²) >= 11 is 0. The van der Waals surface area contributed by atoms with Gasteiger partial charge in [0, 0.05) is 25.7 Å². The molecule has 1 aliphatic carbocycles. The van der Waals surface area contributed by atoms with E-state index in [1.807, 2.05) is 77.1 Å². The summed E-state index contributed by atoms with van der Waals surface area (Å²) in [7, 11) is 3.98. The van der Waals surface area contributed by atoms with E-state index in [2.05, 4.69) is 15.0 Å². The Morgan fingerprint density at radius 2 is 1.95 bits per heavy atom. The molecule has 1 amide bonds. The lowest BCUT2D eigenvalue weighted by molar-refractivity contribution is -0.125. The molecule has 4 heterocycles. The zero-order valence-electron chi connectivity index (χ0n) is 22.2. The molecule has 0 atom stereocenters. The molecule has 2 N–H and O–H groups in total. The van der Waals surface area contributed by atoms with Crippen LogP contribution in [0.2, 0.25) is 0 Å². The predicted octanol–water partition coefficient (Wildman–Crippen LogP) is 3.93. The van der Waals surface area contributed by atoms with Crippen LogP contribution in [0.1, 0.15) is 25.3 Å². The van der Waals surface area contributed by atoms with Crippen LogP contribution in [-0.4, -0.2) is 74.2 Å². The largest absolute Gasteiger partial charge is 0.456 e. The fraction of sp³-hybridized carbons (Fsp3) is 0.345. The number of fused-ring (bicyclic) bond motifs is 1. The van der Waals surface area contributed by atoms with Crippen molar-refractivity contribution in [2.45, 2.75) is 25.3 Å². The van der Waals surface area contributed by atoms with E-state index < -0.39 is 0 Å². The van der Waals surface area contributed by atoms with E-state index in [9.17, 15) is 4.79 Å². The van der Waals surface area contributed by atoms with E-state index >= 15 is 0 Å². The number of likely N-dealkylation sites (N-methyl/N-ethyl adjacent to an activating group) is 1. The maximum Gasteiger partial charge on any atom is 0.246 e. The van der Waals surface area contributed by atoms with Crippen molar-refractivity contribution in [3.05, 3.63) is 67.1 Å². The summed E-state index contributed by atoms with van der Waals surface area (Å²) in [6, 6.07) is 13.5. The van der Waals surface area contributed by atoms with Crippen molar-refractivity contribution >= 4 is 22.8 Å². The lowest BCUT2D eigenvalue weighted by Gasteiger charge is -2.45. The van der Waals surface area contributed by atoms with Crippen molar-refractivity contribution in [1.82, 2.24) is 34.5 Å². The van der Waals surface area contributed by atoms with Crippen LogP contribution >= 0.6 is 0 Å². The number of carbonyl (C=O) groups is 1. The SMILES string of the molecule is CN(C)CC=CC(=O)N1CCC2(CC(n3nc(-c4ccc(Oc5ccccc5)cn4)c4c(N)ncnc43)C2)C1. The molecule has 0 radical (unpaired) electrons. The summed E-state index contributed by atoms with van der Waals surface area (Å²) in [6.07, 6.45) is 9.67. The monoisotopic (exact) mass is 524 g/mol. The van der Waals surface area contributed by atoms with E-state index in [0.717, 1.165) is 44.6 Å². The molecule has 2 fully saturated rings. The van der Waals surface area contributed by atoms with Crippen LogP contribution in [0.3, 0.4) is 0 Å². The number of pyridine rings is 1. The number of aromatic nitrogens is 5. The molecule has 39 heavy (non-hydrogen) atoms. The Hall–Kier alpha value is -4.31. The van der Waals surface area contributed by atoms with E-state index in [1.165, 1.54) is 6.33 Å². The normalized spacial score (nSPS) is 20.8. The van der Waals surface area contributed by atoms with Crippen LogP contribution in [0.5, 0.6) is 11.5 Å². The number of para-hydroxylation sites is 1. The van der Waals surface area contributed by atoms with Crippen molar-refractivity contribution in [3.8, 4) is 22.9 Å². The summed E-state index contributed by atoms with van der Waals surface area (Å²) in [5.74, 6) is 1.85. The number of carbonyl (C=O) groups excluding carboxylic acids is 1. The van der Waals surface area contributed by atoms with Crippen LogP contribution in [-0.2, 0) is 4.79 Å². The summed E-state index contributed by atoms with van der Waals surface area (Å²) in [5.41, 5.74) is 8.49. The van der Waals surface area contributed by atoms with Gasteiger partial charge in [0.15, 0.2) is 5.65 Å². The third kappa shape index (κ3) is 4.95. The van der Waals surface area contributed by atoms with Crippen molar-refractivity contribution in [3.63, 3.8) is 0 Å². The molecule has 0 unspecified atom stereocenters. The smallest absolute Gasteiger partial charge is 0.246 e. The van der Waals surface area contributed by atoms with E-state index in [1.54, 1.807) is 12.3 Å². The van der Waals surface area contributed by atoms with Gasteiger partial charge in [-0.2, -0.15) is 5.10 Å². The third-order valence-corrected chi connectivity index (χ3v) is 7.64. The van der Waals surface area contributed by atoms with Crippen molar-refractivity contribution in [2.75, 3.05) is 39.5 Å². The third-order valence-electron chi connectivity index (χ3n) is 7.64. The highest BCUT2D eigenvalue weighted by Gasteiger charge is 2.50. The Kier molecular flexibility index (Phi) is 6.48. The number of likely N-dealkylation sites (tertiary alicyclic amines) is 1. The van der Waals surface area contributed by atoms with Crippen molar-refractivity contribution < 1.29 is 9.53 Å². The van der Waals surface area contributed by atoms with Gasteiger partial charge in [-0.3, -0.25) is 9.78 Å². The number of benzene rings is 1.